The van der Waals surface area contributed by atoms with Crippen LogP contribution in [0.4, 0.5) is 5.69 Å². The molecule has 0 bridgehead atoms. The van der Waals surface area contributed by atoms with Crippen molar-refractivity contribution in [3.05, 3.63) is 53.1 Å². The second kappa shape index (κ2) is 8.60. The molecule has 0 aromatic heterocycles. The molecular weight excluding hydrogens is 358 g/mol. The van der Waals surface area contributed by atoms with Gasteiger partial charge in [-0.25, -0.2) is 0 Å². The molecule has 0 fully saturated rings. The lowest BCUT2D eigenvalue weighted by Crippen LogP contribution is -2.11. The van der Waals surface area contributed by atoms with E-state index in [1.54, 1.807) is 37.5 Å². The normalized spacial score (nSPS) is 12.4. The van der Waals surface area contributed by atoms with Gasteiger partial charge in [-0.2, -0.15) is 0 Å². The molecule has 1 heterocycles. The van der Waals surface area contributed by atoms with E-state index in [1.807, 2.05) is 12.1 Å². The summed E-state index contributed by atoms with van der Waals surface area (Å²) >= 11 is 6.16. The number of anilines is 1. The first kappa shape index (κ1) is 18.1. The lowest BCUT2D eigenvalue weighted by molar-refractivity contribution is -0.111. The molecule has 0 saturated heterocycles. The number of hydrogen-bond acceptors (Lipinski definition) is 5. The van der Waals surface area contributed by atoms with Crippen LogP contribution < -0.4 is 19.5 Å². The largest absolute Gasteiger partial charge is 0.487 e. The van der Waals surface area contributed by atoms with Crippen LogP contribution in [0.3, 0.4) is 0 Å². The number of ether oxygens (including phenoxy) is 4. The average molecular weight is 376 g/mol. The van der Waals surface area contributed by atoms with Gasteiger partial charge in [0.05, 0.1) is 17.3 Å². The van der Waals surface area contributed by atoms with Gasteiger partial charge in [0.15, 0.2) is 17.2 Å². The average Bonchev–Trinajstić information content (AvgIpc) is 3.10. The zero-order valence-electron chi connectivity index (χ0n) is 14.2. The summed E-state index contributed by atoms with van der Waals surface area (Å²) in [6.07, 6.45) is 3.12. The Bertz CT molecular complexity index is 822. The molecule has 0 unspecified atom stereocenters. The Kier molecular flexibility index (Phi) is 5.99. The maximum absolute atomic E-state index is 12.2. The summed E-state index contributed by atoms with van der Waals surface area (Å²) in [7, 11) is 1.58. The molecule has 1 aliphatic rings. The molecule has 0 aliphatic carbocycles. The Labute approximate surface area is 156 Å². The van der Waals surface area contributed by atoms with Crippen molar-refractivity contribution in [2.75, 3.05) is 32.4 Å². The van der Waals surface area contributed by atoms with Crippen LogP contribution in [0.25, 0.3) is 6.08 Å². The van der Waals surface area contributed by atoms with Crippen LogP contribution in [0.15, 0.2) is 42.5 Å². The number of nitrogens with one attached hydrogen (secondary N) is 1. The van der Waals surface area contributed by atoms with Crippen LogP contribution in [-0.2, 0) is 9.53 Å². The van der Waals surface area contributed by atoms with Crippen molar-refractivity contribution in [2.45, 2.75) is 0 Å². The molecule has 0 spiro atoms. The summed E-state index contributed by atoms with van der Waals surface area (Å²) in [5.74, 6) is 1.47. The van der Waals surface area contributed by atoms with Gasteiger partial charge in [0.25, 0.3) is 0 Å². The Morgan fingerprint density at radius 1 is 1.23 bits per heavy atom. The van der Waals surface area contributed by atoms with Crippen LogP contribution in [0.5, 0.6) is 17.2 Å². The summed E-state index contributed by atoms with van der Waals surface area (Å²) in [6.45, 7) is 0.961. The van der Waals surface area contributed by atoms with Crippen LogP contribution in [0, 0.1) is 0 Å². The second-order valence-electron chi connectivity index (χ2n) is 5.39. The number of benzene rings is 2. The zero-order valence-corrected chi connectivity index (χ0v) is 14.9. The van der Waals surface area contributed by atoms with E-state index in [0.29, 0.717) is 41.2 Å². The minimum atomic E-state index is -0.304. The number of carbonyl (C=O) groups excluding carboxylic acids is 1. The molecule has 0 radical (unpaired) electrons. The molecule has 0 atom stereocenters. The predicted molar refractivity (Wildman–Crippen MR) is 99.1 cm³/mol. The fraction of sp³-hybridized carbons (Fsp3) is 0.211. The number of rotatable bonds is 7. The maximum atomic E-state index is 12.2. The minimum absolute atomic E-state index is 0.212. The van der Waals surface area contributed by atoms with E-state index in [4.69, 9.17) is 30.5 Å². The van der Waals surface area contributed by atoms with E-state index in [9.17, 15) is 4.79 Å². The minimum Gasteiger partial charge on any atom is -0.487 e. The van der Waals surface area contributed by atoms with Gasteiger partial charge < -0.3 is 24.3 Å². The molecule has 1 amide bonds. The van der Waals surface area contributed by atoms with Crippen molar-refractivity contribution in [3.63, 3.8) is 0 Å². The van der Waals surface area contributed by atoms with Crippen molar-refractivity contribution in [1.82, 2.24) is 0 Å². The van der Waals surface area contributed by atoms with Gasteiger partial charge in [0.1, 0.15) is 6.61 Å². The highest BCUT2D eigenvalue weighted by Crippen LogP contribution is 2.34. The highest BCUT2D eigenvalue weighted by molar-refractivity contribution is 6.32. The summed E-state index contributed by atoms with van der Waals surface area (Å²) < 4.78 is 21.1. The van der Waals surface area contributed by atoms with E-state index in [-0.39, 0.29) is 12.7 Å². The standard InChI is InChI=1S/C19H18ClNO5/c1-23-9-10-24-19-14(20)3-2-4-15(19)21-18(22)8-6-13-5-7-16-17(11-13)26-12-25-16/h2-8,11H,9-10,12H2,1H3,(H,21,22)/b8-6+. The van der Waals surface area contributed by atoms with Gasteiger partial charge in [0, 0.05) is 13.2 Å². The van der Waals surface area contributed by atoms with Gasteiger partial charge >= 0.3 is 0 Å². The Morgan fingerprint density at radius 2 is 2.08 bits per heavy atom. The molecule has 7 heteroatoms. The second-order valence-corrected chi connectivity index (χ2v) is 5.80. The van der Waals surface area contributed by atoms with Crippen LogP contribution >= 0.6 is 11.6 Å². The van der Waals surface area contributed by atoms with E-state index in [0.717, 1.165) is 5.56 Å². The van der Waals surface area contributed by atoms with Crippen LogP contribution in [-0.4, -0.2) is 33.0 Å². The number of halogens is 1. The highest BCUT2D eigenvalue weighted by atomic mass is 35.5. The van der Waals surface area contributed by atoms with E-state index in [2.05, 4.69) is 5.32 Å². The SMILES string of the molecule is COCCOc1c(Cl)cccc1NC(=O)/C=C/c1ccc2c(c1)OCO2. The fourth-order valence-electron chi connectivity index (χ4n) is 2.34. The van der Waals surface area contributed by atoms with E-state index < -0.39 is 0 Å². The van der Waals surface area contributed by atoms with Gasteiger partial charge in [-0.3, -0.25) is 4.79 Å². The molecule has 6 nitrogen and oxygen atoms in total. The summed E-state index contributed by atoms with van der Waals surface area (Å²) in [4.78, 5) is 12.2. The number of fused-ring (bicyclic) bond motifs is 1. The number of carbonyl (C=O) groups is 1. The van der Waals surface area contributed by atoms with Crippen molar-refractivity contribution < 1.29 is 23.7 Å². The van der Waals surface area contributed by atoms with Gasteiger partial charge in [-0.1, -0.05) is 23.7 Å². The van der Waals surface area contributed by atoms with Crippen molar-refractivity contribution in [1.29, 1.82) is 0 Å². The lowest BCUT2D eigenvalue weighted by Gasteiger charge is -2.13. The molecular formula is C19H18ClNO5. The highest BCUT2D eigenvalue weighted by Gasteiger charge is 2.13. The zero-order chi connectivity index (χ0) is 18.4. The molecule has 26 heavy (non-hydrogen) atoms. The first-order valence-electron chi connectivity index (χ1n) is 7.96. The smallest absolute Gasteiger partial charge is 0.248 e. The first-order valence-corrected chi connectivity index (χ1v) is 8.34. The Morgan fingerprint density at radius 3 is 2.92 bits per heavy atom. The summed E-state index contributed by atoms with van der Waals surface area (Å²) in [5.41, 5.74) is 1.32. The lowest BCUT2D eigenvalue weighted by atomic mass is 10.2. The number of para-hydroxylation sites is 1. The van der Waals surface area contributed by atoms with E-state index >= 15 is 0 Å². The van der Waals surface area contributed by atoms with Crippen molar-refractivity contribution >= 4 is 29.3 Å². The third-order valence-electron chi connectivity index (χ3n) is 3.58. The molecule has 3 rings (SSSR count). The maximum Gasteiger partial charge on any atom is 0.248 e. The van der Waals surface area contributed by atoms with E-state index in [1.165, 1.54) is 6.08 Å². The van der Waals surface area contributed by atoms with Crippen LogP contribution in [0.1, 0.15) is 5.56 Å². The number of methoxy groups -OCH3 is 1. The Hall–Kier alpha value is -2.70. The van der Waals surface area contributed by atoms with Gasteiger partial charge in [-0.05, 0) is 35.9 Å². The predicted octanol–water partition coefficient (Wildman–Crippen LogP) is 3.75. The molecule has 1 aliphatic heterocycles. The number of hydrogen-bond donors (Lipinski definition) is 1. The molecule has 1 N–H and O–H groups in total. The molecule has 2 aromatic rings. The first-order chi connectivity index (χ1) is 12.7. The van der Waals surface area contributed by atoms with Crippen molar-refractivity contribution in [2.24, 2.45) is 0 Å². The van der Waals surface area contributed by atoms with Crippen molar-refractivity contribution in [3.8, 4) is 17.2 Å². The summed E-state index contributed by atoms with van der Waals surface area (Å²) in [5, 5.41) is 3.18. The van der Waals surface area contributed by atoms with Gasteiger partial charge in [0.2, 0.25) is 12.7 Å². The fourth-order valence-corrected chi connectivity index (χ4v) is 2.57. The molecule has 0 saturated carbocycles. The topological polar surface area (TPSA) is 66.0 Å². The third-order valence-corrected chi connectivity index (χ3v) is 3.88. The number of amides is 1. The molecule has 136 valence electrons. The molecule has 2 aromatic carbocycles. The quantitative estimate of drug-likeness (QED) is 0.589. The summed E-state index contributed by atoms with van der Waals surface area (Å²) in [6, 6.07) is 10.6. The monoisotopic (exact) mass is 375 g/mol. The van der Waals surface area contributed by atoms with Crippen LogP contribution in [0.2, 0.25) is 5.02 Å². The third kappa shape index (κ3) is 4.47. The van der Waals surface area contributed by atoms with Gasteiger partial charge in [-0.15, -0.1) is 0 Å². The Balaban J connectivity index is 1.67.